The molecule has 2 aliphatic rings. The Labute approximate surface area is 104 Å². The molecule has 0 spiro atoms. The van der Waals surface area contributed by atoms with Crippen molar-refractivity contribution in [2.24, 2.45) is 0 Å². The van der Waals surface area contributed by atoms with E-state index in [2.05, 4.69) is 4.90 Å². The summed E-state index contributed by atoms with van der Waals surface area (Å²) in [5.74, 6) is 0.0978. The molecule has 17 heavy (non-hydrogen) atoms. The number of hydrogen-bond donors (Lipinski definition) is 0. The van der Waals surface area contributed by atoms with Crippen LogP contribution < -0.4 is 0 Å². The first-order valence-electron chi connectivity index (χ1n) is 6.27. The summed E-state index contributed by atoms with van der Waals surface area (Å²) in [4.78, 5) is 2.42. The minimum absolute atomic E-state index is 0.0891. The van der Waals surface area contributed by atoms with Crippen LogP contribution in [0.15, 0.2) is 0 Å². The fourth-order valence-corrected chi connectivity index (χ4v) is 4.48. The minimum Gasteiger partial charge on any atom is -0.384 e. The number of rotatable bonds is 4. The lowest BCUT2D eigenvalue weighted by molar-refractivity contribution is 0.116. The van der Waals surface area contributed by atoms with Crippen LogP contribution in [0.5, 0.6) is 0 Å². The van der Waals surface area contributed by atoms with Gasteiger partial charge < -0.3 is 4.74 Å². The Morgan fingerprint density at radius 3 is 2.82 bits per heavy atom. The third kappa shape index (κ3) is 2.81. The van der Waals surface area contributed by atoms with E-state index in [-0.39, 0.29) is 18.4 Å². The zero-order chi connectivity index (χ0) is 12.5. The lowest BCUT2D eigenvalue weighted by Gasteiger charge is -2.41. The smallest absolute Gasteiger partial charge is 0.216 e. The fraction of sp³-hybridized carbons (Fsp3) is 1.00. The topological polar surface area (TPSA) is 49.9 Å². The maximum absolute atomic E-state index is 12.2. The van der Waals surface area contributed by atoms with Gasteiger partial charge >= 0.3 is 0 Å². The molecule has 2 atom stereocenters. The highest BCUT2D eigenvalue weighted by Crippen LogP contribution is 2.26. The van der Waals surface area contributed by atoms with Gasteiger partial charge in [0.1, 0.15) is 0 Å². The van der Waals surface area contributed by atoms with Crippen LogP contribution in [0.25, 0.3) is 0 Å². The molecule has 0 aromatic heterocycles. The summed E-state index contributed by atoms with van der Waals surface area (Å²) in [6.07, 6.45) is 2.33. The Hall–Kier alpha value is -0.170. The largest absolute Gasteiger partial charge is 0.384 e. The summed E-state index contributed by atoms with van der Waals surface area (Å²) in [5, 5.41) is 0. The number of fused-ring (bicyclic) bond motifs is 1. The van der Waals surface area contributed by atoms with Crippen LogP contribution in [0.2, 0.25) is 0 Å². The number of sulfonamides is 1. The van der Waals surface area contributed by atoms with Gasteiger partial charge in [-0.15, -0.1) is 0 Å². The van der Waals surface area contributed by atoms with E-state index in [0.717, 1.165) is 19.5 Å². The molecule has 0 saturated carbocycles. The summed E-state index contributed by atoms with van der Waals surface area (Å²) in [6.45, 7) is 4.93. The molecule has 2 rings (SSSR count). The molecule has 2 fully saturated rings. The van der Waals surface area contributed by atoms with Crippen molar-refractivity contribution in [3.05, 3.63) is 0 Å². The van der Waals surface area contributed by atoms with E-state index in [1.54, 1.807) is 4.31 Å². The van der Waals surface area contributed by atoms with Gasteiger partial charge in [0.25, 0.3) is 0 Å². The number of piperazine rings is 1. The lowest BCUT2D eigenvalue weighted by atomic mass is 10.1. The van der Waals surface area contributed by atoms with Crippen molar-refractivity contribution in [3.63, 3.8) is 0 Å². The van der Waals surface area contributed by atoms with E-state index < -0.39 is 10.0 Å². The molecule has 0 aliphatic carbocycles. The van der Waals surface area contributed by atoms with Crippen LogP contribution >= 0.6 is 0 Å². The van der Waals surface area contributed by atoms with Crippen LogP contribution in [0.4, 0.5) is 0 Å². The van der Waals surface area contributed by atoms with Crippen molar-refractivity contribution >= 4 is 10.0 Å². The molecule has 0 aromatic carbocycles. The Morgan fingerprint density at radius 1 is 1.35 bits per heavy atom. The summed E-state index contributed by atoms with van der Waals surface area (Å²) in [7, 11) is -1.62. The quantitative estimate of drug-likeness (QED) is 0.723. The van der Waals surface area contributed by atoms with Gasteiger partial charge in [0.05, 0.1) is 12.4 Å². The fourth-order valence-electron chi connectivity index (χ4n) is 2.85. The van der Waals surface area contributed by atoms with Gasteiger partial charge in [0.15, 0.2) is 0 Å². The van der Waals surface area contributed by atoms with Crippen LogP contribution in [0, 0.1) is 0 Å². The first kappa shape index (κ1) is 13.3. The van der Waals surface area contributed by atoms with Crippen molar-refractivity contribution in [2.75, 3.05) is 39.1 Å². The van der Waals surface area contributed by atoms with Gasteiger partial charge in [-0.25, -0.2) is 8.42 Å². The number of nitrogens with zero attached hydrogens (tertiary/aromatic N) is 2. The first-order valence-corrected chi connectivity index (χ1v) is 7.88. The number of hydrogen-bond acceptors (Lipinski definition) is 4. The van der Waals surface area contributed by atoms with Crippen LogP contribution in [0.1, 0.15) is 19.8 Å². The molecule has 100 valence electrons. The molecule has 0 N–H and O–H groups in total. The third-order valence-corrected chi connectivity index (χ3v) is 5.69. The van der Waals surface area contributed by atoms with Crippen molar-refractivity contribution in [3.8, 4) is 0 Å². The molecule has 6 heteroatoms. The predicted molar refractivity (Wildman–Crippen MR) is 66.4 cm³/mol. The second kappa shape index (κ2) is 5.22. The summed E-state index contributed by atoms with van der Waals surface area (Å²) in [5.41, 5.74) is 0. The normalized spacial score (nSPS) is 31.6. The van der Waals surface area contributed by atoms with E-state index in [9.17, 15) is 8.42 Å². The van der Waals surface area contributed by atoms with Crippen LogP contribution in [-0.2, 0) is 14.8 Å². The van der Waals surface area contributed by atoms with Gasteiger partial charge in [-0.2, -0.15) is 4.31 Å². The molecule has 0 amide bonds. The summed E-state index contributed by atoms with van der Waals surface area (Å²) >= 11 is 0. The average molecular weight is 262 g/mol. The monoisotopic (exact) mass is 262 g/mol. The standard InChI is InChI=1S/C11H22N2O3S/c1-10-8-12-5-3-4-11(12)9-13(10)17(14,15)7-6-16-2/h10-11H,3-9H2,1-2H3/t10-,11+/m0/s1. The van der Waals surface area contributed by atoms with E-state index in [0.29, 0.717) is 12.6 Å². The SMILES string of the molecule is COCCS(=O)(=O)N1C[C@H]2CCCN2C[C@@H]1C. The highest BCUT2D eigenvalue weighted by molar-refractivity contribution is 7.89. The maximum Gasteiger partial charge on any atom is 0.216 e. The lowest BCUT2D eigenvalue weighted by Crippen LogP contribution is -2.57. The van der Waals surface area contributed by atoms with E-state index >= 15 is 0 Å². The molecule has 0 bridgehead atoms. The highest BCUT2D eigenvalue weighted by Gasteiger charge is 2.39. The third-order valence-electron chi connectivity index (χ3n) is 3.78. The first-order chi connectivity index (χ1) is 8.04. The molecule has 5 nitrogen and oxygen atoms in total. The number of methoxy groups -OCH3 is 1. The Morgan fingerprint density at radius 2 is 2.12 bits per heavy atom. The van der Waals surface area contributed by atoms with Gasteiger partial charge in [0, 0.05) is 32.3 Å². The van der Waals surface area contributed by atoms with E-state index in [1.165, 1.54) is 13.5 Å². The van der Waals surface area contributed by atoms with Crippen molar-refractivity contribution in [1.82, 2.24) is 9.21 Å². The molecule has 0 unspecified atom stereocenters. The molecule has 2 heterocycles. The van der Waals surface area contributed by atoms with Gasteiger partial charge in [-0.1, -0.05) is 0 Å². The Balaban J connectivity index is 2.05. The highest BCUT2D eigenvalue weighted by atomic mass is 32.2. The van der Waals surface area contributed by atoms with Crippen molar-refractivity contribution in [2.45, 2.75) is 31.8 Å². The molecule has 0 aromatic rings. The molecule has 2 saturated heterocycles. The minimum atomic E-state index is -3.15. The summed E-state index contributed by atoms with van der Waals surface area (Å²) < 4.78 is 30.9. The maximum atomic E-state index is 12.2. The van der Waals surface area contributed by atoms with Gasteiger partial charge in [0.2, 0.25) is 10.0 Å². The zero-order valence-electron chi connectivity index (χ0n) is 10.6. The summed E-state index contributed by atoms with van der Waals surface area (Å²) in [6, 6.07) is 0.523. The Bertz CT molecular complexity index is 358. The molecule has 0 radical (unpaired) electrons. The average Bonchev–Trinajstić information content (AvgIpc) is 2.72. The molecular weight excluding hydrogens is 240 g/mol. The number of ether oxygens (including phenoxy) is 1. The predicted octanol–water partition coefficient (Wildman–Crippen LogP) is 0.131. The Kier molecular flexibility index (Phi) is 4.07. The van der Waals surface area contributed by atoms with Gasteiger partial charge in [-0.3, -0.25) is 4.90 Å². The second-order valence-corrected chi connectivity index (χ2v) is 7.06. The van der Waals surface area contributed by atoms with E-state index in [4.69, 9.17) is 4.74 Å². The van der Waals surface area contributed by atoms with Crippen molar-refractivity contribution in [1.29, 1.82) is 0 Å². The van der Waals surface area contributed by atoms with Crippen molar-refractivity contribution < 1.29 is 13.2 Å². The molecular formula is C11H22N2O3S. The molecule has 2 aliphatic heterocycles. The van der Waals surface area contributed by atoms with Crippen LogP contribution in [-0.4, -0.2) is 68.8 Å². The van der Waals surface area contributed by atoms with Gasteiger partial charge in [-0.05, 0) is 26.3 Å². The zero-order valence-corrected chi connectivity index (χ0v) is 11.4. The second-order valence-electron chi connectivity index (χ2n) is 5.02. The van der Waals surface area contributed by atoms with Crippen LogP contribution in [0.3, 0.4) is 0 Å². The van der Waals surface area contributed by atoms with E-state index in [1.807, 2.05) is 6.92 Å².